The molecule has 52 valence electrons. The van der Waals surface area contributed by atoms with Gasteiger partial charge in [0, 0.05) is 0 Å². The van der Waals surface area contributed by atoms with Crippen molar-refractivity contribution in [2.75, 3.05) is 6.54 Å². The number of nitrogens with one attached hydrogen (secondary N) is 1. The van der Waals surface area contributed by atoms with Crippen LogP contribution in [0.1, 0.15) is 0 Å². The van der Waals surface area contributed by atoms with Crippen molar-refractivity contribution in [1.82, 2.24) is 5.53 Å². The Morgan fingerprint density at radius 1 is 2.00 bits per heavy atom. The lowest BCUT2D eigenvalue weighted by Gasteiger charge is -2.15. The van der Waals surface area contributed by atoms with Crippen molar-refractivity contribution < 1.29 is 12.2 Å². The van der Waals surface area contributed by atoms with Gasteiger partial charge in [0.15, 0.2) is 6.54 Å². The van der Waals surface area contributed by atoms with Crippen molar-refractivity contribution in [3.63, 3.8) is 0 Å². The first-order chi connectivity index (χ1) is 4.15. The molecule has 0 saturated carbocycles. The molecule has 2 unspecified atom stereocenters. The Labute approximate surface area is 60.3 Å². The van der Waals surface area contributed by atoms with Gasteiger partial charge in [-0.3, -0.25) is 4.55 Å². The molecular formula is C2H6N3O2S2+. The number of nitrogens with zero attached hydrogens (tertiary/aromatic N) is 2. The lowest BCUT2D eigenvalue weighted by atomic mass is 10.8. The molecule has 0 radical (unpaired) electrons. The fourth-order valence-electron chi connectivity index (χ4n) is 0.422. The van der Waals surface area contributed by atoms with Crippen LogP contribution in [0.3, 0.4) is 0 Å². The van der Waals surface area contributed by atoms with E-state index in [9.17, 15) is 4.21 Å². The van der Waals surface area contributed by atoms with Crippen molar-refractivity contribution in [3.05, 3.63) is 0 Å². The maximum absolute atomic E-state index is 10.4. The van der Waals surface area contributed by atoms with Gasteiger partial charge in [-0.15, -0.1) is 10.6 Å². The number of hydrogen-bond donors (Lipinski definition) is 3. The van der Waals surface area contributed by atoms with Gasteiger partial charge in [-0.25, -0.2) is 0 Å². The van der Waals surface area contributed by atoms with E-state index in [1.807, 2.05) is 0 Å². The van der Waals surface area contributed by atoms with E-state index in [0.717, 1.165) is 0 Å². The standard InChI is InChI=1S/C2H5N3O2S2/c6-9(7)5(8)2-1-3-4-5/h1,4,8H,2H2/p+1. The van der Waals surface area contributed by atoms with Gasteiger partial charge < -0.3 is 0 Å². The summed E-state index contributed by atoms with van der Waals surface area (Å²) in [4.78, 5) is 0. The highest BCUT2D eigenvalue weighted by Crippen LogP contribution is 2.11. The maximum Gasteiger partial charge on any atom is 0.397 e. The van der Waals surface area contributed by atoms with E-state index >= 15 is 0 Å². The molecule has 0 aliphatic carbocycles. The van der Waals surface area contributed by atoms with Crippen molar-refractivity contribution in [2.45, 2.75) is 0 Å². The van der Waals surface area contributed by atoms with E-state index in [2.05, 4.69) is 23.5 Å². The second-order valence-corrected chi connectivity index (χ2v) is 3.56. The van der Waals surface area contributed by atoms with Crippen LogP contribution in [0.4, 0.5) is 0 Å². The van der Waals surface area contributed by atoms with E-state index in [1.54, 1.807) is 0 Å². The Morgan fingerprint density at radius 3 is 2.89 bits per heavy atom. The third kappa shape index (κ3) is 1.23. The van der Waals surface area contributed by atoms with Crippen molar-refractivity contribution in [1.29, 1.82) is 0 Å². The van der Waals surface area contributed by atoms with Gasteiger partial charge in [-0.2, -0.15) is 4.21 Å². The monoisotopic (exact) mass is 168 g/mol. The Balaban J connectivity index is 2.66. The molecule has 0 aromatic rings. The Morgan fingerprint density at radius 2 is 2.67 bits per heavy atom. The zero-order valence-corrected chi connectivity index (χ0v) is 6.10. The molecule has 0 saturated heterocycles. The second kappa shape index (κ2) is 2.25. The molecule has 1 aliphatic heterocycles. The van der Waals surface area contributed by atoms with Crippen LogP contribution in [0.25, 0.3) is 0 Å². The first kappa shape index (κ1) is 7.00. The van der Waals surface area contributed by atoms with Gasteiger partial charge in [0.1, 0.15) is 12.8 Å². The summed E-state index contributed by atoms with van der Waals surface area (Å²) in [6.07, 6.45) is 1.49. The summed E-state index contributed by atoms with van der Waals surface area (Å²) in [5.74, 6) is 0. The van der Waals surface area contributed by atoms with Crippen molar-refractivity contribution in [2.24, 2.45) is 5.10 Å². The summed E-state index contributed by atoms with van der Waals surface area (Å²) < 4.78 is 18.5. The zero-order valence-electron chi connectivity index (χ0n) is 4.39. The minimum Gasteiger partial charge on any atom is -0.258 e. The molecule has 1 heterocycles. The van der Waals surface area contributed by atoms with Gasteiger partial charge in [-0.1, -0.05) is 0 Å². The number of quaternary nitrogens is 1. The van der Waals surface area contributed by atoms with Crippen LogP contribution in [0.5, 0.6) is 0 Å². The minimum atomic E-state index is -2.04. The SMILES string of the molecule is O=S(O)[N+]1(S)CC=NN1. The largest absolute Gasteiger partial charge is 0.397 e. The summed E-state index contributed by atoms with van der Waals surface area (Å²) >= 11 is 1.79. The topological polar surface area (TPSA) is 61.7 Å². The molecule has 0 spiro atoms. The van der Waals surface area contributed by atoms with E-state index in [1.165, 1.54) is 6.21 Å². The van der Waals surface area contributed by atoms with Crippen LogP contribution in [-0.4, -0.2) is 24.9 Å². The molecule has 9 heavy (non-hydrogen) atoms. The highest BCUT2D eigenvalue weighted by atomic mass is 32.2. The molecule has 0 aromatic carbocycles. The average Bonchev–Trinajstić information content (AvgIpc) is 2.16. The number of rotatable bonds is 1. The van der Waals surface area contributed by atoms with E-state index in [0.29, 0.717) is 6.54 Å². The van der Waals surface area contributed by atoms with Gasteiger partial charge in [0.25, 0.3) is 0 Å². The predicted octanol–water partition coefficient (Wildman–Crippen LogP) is -0.711. The van der Waals surface area contributed by atoms with Gasteiger partial charge in [0.2, 0.25) is 0 Å². The van der Waals surface area contributed by atoms with Gasteiger partial charge >= 0.3 is 11.3 Å². The van der Waals surface area contributed by atoms with Crippen molar-refractivity contribution >= 4 is 30.3 Å². The molecule has 0 aromatic heterocycles. The second-order valence-electron chi connectivity index (χ2n) is 1.53. The quantitative estimate of drug-likeness (QED) is 0.275. The fourth-order valence-corrected chi connectivity index (χ4v) is 0.858. The summed E-state index contributed by atoms with van der Waals surface area (Å²) in [5, 5.41) is 3.53. The molecule has 0 fully saturated rings. The van der Waals surface area contributed by atoms with E-state index in [-0.39, 0.29) is 0 Å². The first-order valence-corrected chi connectivity index (χ1v) is 3.63. The third-order valence-corrected chi connectivity index (χ3v) is 2.31. The summed E-state index contributed by atoms with van der Waals surface area (Å²) in [5.41, 5.74) is 2.35. The average molecular weight is 168 g/mol. The predicted molar refractivity (Wildman–Crippen MR) is 36.5 cm³/mol. The van der Waals surface area contributed by atoms with Crippen LogP contribution in [0, 0.1) is 0 Å². The van der Waals surface area contributed by atoms with Crippen molar-refractivity contribution in [3.8, 4) is 0 Å². The molecule has 7 heteroatoms. The van der Waals surface area contributed by atoms with Crippen LogP contribution >= 0.6 is 12.8 Å². The molecule has 1 aliphatic rings. The molecular weight excluding hydrogens is 162 g/mol. The Kier molecular flexibility index (Phi) is 1.75. The molecule has 1 rings (SSSR count). The summed E-state index contributed by atoms with van der Waals surface area (Å²) in [6.45, 7) is 0.312. The van der Waals surface area contributed by atoms with Gasteiger partial charge in [0.05, 0.1) is 6.21 Å². The summed E-state index contributed by atoms with van der Waals surface area (Å²) in [7, 11) is 0. The normalized spacial score (nSPS) is 36.2. The molecule has 2 N–H and O–H groups in total. The number of hydrazone groups is 1. The molecule has 0 bridgehead atoms. The van der Waals surface area contributed by atoms with Crippen LogP contribution in [0.2, 0.25) is 0 Å². The highest BCUT2D eigenvalue weighted by Gasteiger charge is 2.34. The maximum atomic E-state index is 10.4. The minimum absolute atomic E-state index is 0.312. The van der Waals surface area contributed by atoms with Crippen LogP contribution < -0.4 is 5.53 Å². The fraction of sp³-hybridized carbons (Fsp3) is 0.500. The molecule has 2 atom stereocenters. The lowest BCUT2D eigenvalue weighted by molar-refractivity contribution is -0.692. The van der Waals surface area contributed by atoms with Crippen LogP contribution in [-0.2, 0) is 11.3 Å². The smallest absolute Gasteiger partial charge is 0.258 e. The first-order valence-electron chi connectivity index (χ1n) is 2.16. The van der Waals surface area contributed by atoms with E-state index < -0.39 is 14.7 Å². The number of hydrogen-bond acceptors (Lipinski definition) is 4. The number of thiol groups is 1. The van der Waals surface area contributed by atoms with Crippen LogP contribution in [0.15, 0.2) is 5.10 Å². The van der Waals surface area contributed by atoms with Gasteiger partial charge in [-0.05, 0) is 3.40 Å². The molecule has 0 amide bonds. The lowest BCUT2D eigenvalue weighted by Crippen LogP contribution is -2.45. The molecule has 5 nitrogen and oxygen atoms in total. The third-order valence-electron chi connectivity index (χ3n) is 0.893. The van der Waals surface area contributed by atoms with E-state index in [4.69, 9.17) is 4.55 Å². The summed E-state index contributed by atoms with van der Waals surface area (Å²) in [6, 6.07) is 0. The Hall–Kier alpha value is -0.110. The Bertz CT molecular complexity index is 161. The highest BCUT2D eigenvalue weighted by molar-refractivity contribution is 7.86. The zero-order chi connectivity index (χ0) is 6.91.